The highest BCUT2D eigenvalue weighted by molar-refractivity contribution is 4.91. The number of rotatable bonds is 8. The molecule has 0 bridgehead atoms. The molecule has 1 saturated heterocycles. The first-order valence-corrected chi connectivity index (χ1v) is 7.00. The molecule has 0 aromatic heterocycles. The van der Waals surface area contributed by atoms with Crippen LogP contribution in [0.5, 0.6) is 0 Å². The summed E-state index contributed by atoms with van der Waals surface area (Å²) in [6, 6.07) is 0. The fourth-order valence-electron chi connectivity index (χ4n) is 2.16. The van der Waals surface area contributed by atoms with Gasteiger partial charge in [0.25, 0.3) is 0 Å². The largest absolute Gasteiger partial charge is 0.394 e. The summed E-state index contributed by atoms with van der Waals surface area (Å²) < 4.78 is 10.1. The zero-order valence-corrected chi connectivity index (χ0v) is 12.2. The van der Waals surface area contributed by atoms with E-state index < -0.39 is 74.9 Å². The average Bonchev–Trinajstić information content (AvgIpc) is 2.57. The van der Waals surface area contributed by atoms with Crippen molar-refractivity contribution in [2.75, 3.05) is 19.8 Å². The van der Waals surface area contributed by atoms with Crippen LogP contribution in [0.15, 0.2) is 0 Å². The van der Waals surface area contributed by atoms with Crippen LogP contribution in [0.3, 0.4) is 0 Å². The molecule has 11 heteroatoms. The van der Waals surface area contributed by atoms with Crippen molar-refractivity contribution in [1.29, 1.82) is 0 Å². The second kappa shape index (κ2) is 9.15. The average molecular weight is 344 g/mol. The van der Waals surface area contributed by atoms with Gasteiger partial charge in [-0.1, -0.05) is 0 Å². The molecule has 0 saturated carbocycles. The van der Waals surface area contributed by atoms with E-state index >= 15 is 0 Å². The molecule has 0 aromatic rings. The Bertz CT molecular complexity index is 341. The van der Waals surface area contributed by atoms with Gasteiger partial charge in [-0.25, -0.2) is 0 Å². The van der Waals surface area contributed by atoms with Crippen LogP contribution < -0.4 is 0 Å². The summed E-state index contributed by atoms with van der Waals surface area (Å²) in [5.74, 6) is 0. The number of ether oxygens (including phenoxy) is 2. The van der Waals surface area contributed by atoms with Crippen molar-refractivity contribution in [3.05, 3.63) is 0 Å². The smallest absolute Gasteiger partial charge is 0.187 e. The van der Waals surface area contributed by atoms with E-state index in [1.54, 1.807) is 0 Å². The lowest BCUT2D eigenvalue weighted by atomic mass is 9.98. The van der Waals surface area contributed by atoms with Crippen molar-refractivity contribution in [3.63, 3.8) is 0 Å². The molecule has 138 valence electrons. The Labute approximate surface area is 131 Å². The highest BCUT2D eigenvalue weighted by Gasteiger charge is 2.46. The van der Waals surface area contributed by atoms with Gasteiger partial charge in [-0.05, 0) is 0 Å². The van der Waals surface area contributed by atoms with E-state index in [2.05, 4.69) is 0 Å². The molecule has 0 aliphatic carbocycles. The minimum absolute atomic E-state index is 0.708. The zero-order valence-electron chi connectivity index (χ0n) is 12.2. The monoisotopic (exact) mass is 344 g/mol. The van der Waals surface area contributed by atoms with Gasteiger partial charge in [0.2, 0.25) is 0 Å². The van der Waals surface area contributed by atoms with Gasteiger partial charge in [0.05, 0.1) is 19.8 Å². The maximum atomic E-state index is 9.83. The Hall–Kier alpha value is -0.440. The zero-order chi connectivity index (χ0) is 17.7. The Balaban J connectivity index is 2.89. The summed E-state index contributed by atoms with van der Waals surface area (Å²) in [4.78, 5) is 0. The normalized spacial score (nSPS) is 37.2. The van der Waals surface area contributed by atoms with Gasteiger partial charge in [0.1, 0.15) is 48.8 Å². The SMILES string of the molecule is OCC(O)C(O)C(O[C@@H]1OC(CO)[C@H](O)[C@@H](O)C1O)C(O)CO. The molecule has 1 heterocycles. The minimum Gasteiger partial charge on any atom is -0.394 e. The van der Waals surface area contributed by atoms with Crippen LogP contribution in [0.4, 0.5) is 0 Å². The van der Waals surface area contributed by atoms with E-state index in [4.69, 9.17) is 24.8 Å². The van der Waals surface area contributed by atoms with Crippen molar-refractivity contribution < 1.29 is 55.4 Å². The van der Waals surface area contributed by atoms with Crippen molar-refractivity contribution in [2.45, 2.75) is 55.1 Å². The second-order valence-electron chi connectivity index (χ2n) is 5.29. The van der Waals surface area contributed by atoms with Crippen molar-refractivity contribution in [3.8, 4) is 0 Å². The summed E-state index contributed by atoms with van der Waals surface area (Å²) in [5, 5.41) is 84.9. The van der Waals surface area contributed by atoms with Gasteiger partial charge >= 0.3 is 0 Å². The molecule has 6 unspecified atom stereocenters. The molecule has 0 radical (unpaired) electrons. The van der Waals surface area contributed by atoms with Crippen molar-refractivity contribution in [1.82, 2.24) is 0 Å². The van der Waals surface area contributed by atoms with E-state index in [1.165, 1.54) is 0 Å². The maximum Gasteiger partial charge on any atom is 0.187 e. The predicted molar refractivity (Wildman–Crippen MR) is 70.8 cm³/mol. The number of aliphatic hydroxyl groups excluding tert-OH is 9. The number of hydrogen-bond donors (Lipinski definition) is 9. The van der Waals surface area contributed by atoms with Gasteiger partial charge in [-0.2, -0.15) is 0 Å². The summed E-state index contributed by atoms with van der Waals surface area (Å²) in [7, 11) is 0. The molecule has 1 fully saturated rings. The van der Waals surface area contributed by atoms with E-state index in [0.29, 0.717) is 0 Å². The summed E-state index contributed by atoms with van der Waals surface area (Å²) in [5.41, 5.74) is 0. The van der Waals surface area contributed by atoms with E-state index in [-0.39, 0.29) is 0 Å². The van der Waals surface area contributed by atoms with Crippen molar-refractivity contribution in [2.24, 2.45) is 0 Å². The van der Waals surface area contributed by atoms with Gasteiger partial charge in [0.15, 0.2) is 6.29 Å². The fourth-order valence-corrected chi connectivity index (χ4v) is 2.16. The fraction of sp³-hybridized carbons (Fsp3) is 1.00. The third-order valence-electron chi connectivity index (χ3n) is 3.62. The third-order valence-corrected chi connectivity index (χ3v) is 3.62. The Morgan fingerprint density at radius 3 is 1.87 bits per heavy atom. The van der Waals surface area contributed by atoms with E-state index in [1.807, 2.05) is 0 Å². The molecule has 9 N–H and O–H groups in total. The second-order valence-corrected chi connectivity index (χ2v) is 5.29. The topological polar surface area (TPSA) is 201 Å². The first-order chi connectivity index (χ1) is 10.8. The predicted octanol–water partition coefficient (Wildman–Crippen LogP) is -5.76. The summed E-state index contributed by atoms with van der Waals surface area (Å²) >= 11 is 0. The standard InChI is InChI=1S/C12H24O11/c13-1-4(16)7(18)11(5(17)2-14)23-12-10(21)9(20)8(19)6(3-15)22-12/h4-21H,1-3H2/t4?,5?,6?,7?,8-,9+,10?,11?,12-/m0/s1. The molecule has 1 aliphatic rings. The molecule has 9 atom stereocenters. The molecule has 0 spiro atoms. The third kappa shape index (κ3) is 4.78. The van der Waals surface area contributed by atoms with Crippen molar-refractivity contribution >= 4 is 0 Å². The highest BCUT2D eigenvalue weighted by Crippen LogP contribution is 2.24. The van der Waals surface area contributed by atoms with E-state index in [0.717, 1.165) is 0 Å². The lowest BCUT2D eigenvalue weighted by molar-refractivity contribution is -0.327. The Kier molecular flexibility index (Phi) is 8.20. The molecule has 11 nitrogen and oxygen atoms in total. The molecule has 23 heavy (non-hydrogen) atoms. The lowest BCUT2D eigenvalue weighted by Gasteiger charge is -2.42. The van der Waals surface area contributed by atoms with E-state index in [9.17, 15) is 30.6 Å². The van der Waals surface area contributed by atoms with Crippen LogP contribution in [0.2, 0.25) is 0 Å². The van der Waals surface area contributed by atoms with Crippen LogP contribution in [0.1, 0.15) is 0 Å². The number of aliphatic hydroxyl groups is 9. The molecule has 1 rings (SSSR count). The van der Waals surface area contributed by atoms with Gasteiger partial charge in [-0.15, -0.1) is 0 Å². The molecule has 1 aliphatic heterocycles. The van der Waals surface area contributed by atoms with Crippen LogP contribution in [0, 0.1) is 0 Å². The van der Waals surface area contributed by atoms with Crippen LogP contribution in [-0.4, -0.2) is 121 Å². The van der Waals surface area contributed by atoms with Crippen LogP contribution in [-0.2, 0) is 9.47 Å². The summed E-state index contributed by atoms with van der Waals surface area (Å²) in [6.07, 6.45) is -15.1. The molecular weight excluding hydrogens is 320 g/mol. The minimum atomic E-state index is -1.85. The Morgan fingerprint density at radius 2 is 1.39 bits per heavy atom. The first kappa shape index (κ1) is 20.6. The number of hydrogen-bond acceptors (Lipinski definition) is 11. The van der Waals surface area contributed by atoms with Gasteiger partial charge < -0.3 is 55.4 Å². The quantitative estimate of drug-likeness (QED) is 0.203. The first-order valence-electron chi connectivity index (χ1n) is 7.00. The Morgan fingerprint density at radius 1 is 0.826 bits per heavy atom. The van der Waals surface area contributed by atoms with Crippen LogP contribution >= 0.6 is 0 Å². The highest BCUT2D eigenvalue weighted by atomic mass is 16.7. The van der Waals surface area contributed by atoms with Gasteiger partial charge in [-0.3, -0.25) is 0 Å². The maximum absolute atomic E-state index is 9.83. The summed E-state index contributed by atoms with van der Waals surface area (Å²) in [6.45, 7) is -2.45. The van der Waals surface area contributed by atoms with Crippen LogP contribution in [0.25, 0.3) is 0 Å². The molecular formula is C12H24O11. The molecule has 0 amide bonds. The lowest BCUT2D eigenvalue weighted by Crippen LogP contribution is -2.61. The van der Waals surface area contributed by atoms with Gasteiger partial charge in [0, 0.05) is 0 Å². The molecule has 0 aromatic carbocycles.